The van der Waals surface area contributed by atoms with Crippen LogP contribution in [0.5, 0.6) is 0 Å². The topological polar surface area (TPSA) is 24.9 Å². The minimum absolute atomic E-state index is 0.861. The Morgan fingerprint density at radius 1 is 1.44 bits per heavy atom. The molecule has 3 unspecified atom stereocenters. The van der Waals surface area contributed by atoms with Crippen LogP contribution in [-0.2, 0) is 6.54 Å². The molecule has 3 atom stereocenters. The molecule has 1 aromatic heterocycles. The molecule has 1 heterocycles. The van der Waals surface area contributed by atoms with Gasteiger partial charge in [-0.25, -0.2) is 4.98 Å². The quantitative estimate of drug-likeness (QED) is 0.810. The van der Waals surface area contributed by atoms with E-state index < -0.39 is 0 Å². The van der Waals surface area contributed by atoms with E-state index in [1.807, 2.05) is 5.51 Å². The van der Waals surface area contributed by atoms with Crippen molar-refractivity contribution in [3.05, 3.63) is 28.2 Å². The first-order valence-electron chi connectivity index (χ1n) is 6.11. The first-order chi connectivity index (χ1) is 7.83. The van der Waals surface area contributed by atoms with Crippen molar-refractivity contribution in [2.45, 2.75) is 26.3 Å². The van der Waals surface area contributed by atoms with E-state index in [1.165, 1.54) is 30.0 Å². The first kappa shape index (κ1) is 10.5. The molecule has 2 bridgehead atoms. The molecular formula is C13H18N2S. The number of nitrogens with zero attached hydrogens (tertiary/aromatic N) is 1. The van der Waals surface area contributed by atoms with Crippen LogP contribution in [0.25, 0.3) is 0 Å². The minimum Gasteiger partial charge on any atom is -0.311 e. The molecule has 0 spiro atoms. The van der Waals surface area contributed by atoms with Gasteiger partial charge in [-0.1, -0.05) is 12.2 Å². The SMILES string of the molecule is Cc1ncsc1CNCC1CC2C=CC1C2. The molecule has 0 aliphatic heterocycles. The van der Waals surface area contributed by atoms with E-state index in [0.717, 1.165) is 24.3 Å². The zero-order valence-electron chi connectivity index (χ0n) is 9.65. The average molecular weight is 234 g/mol. The molecule has 2 aliphatic carbocycles. The maximum atomic E-state index is 4.27. The molecule has 1 N–H and O–H groups in total. The van der Waals surface area contributed by atoms with Crippen LogP contribution in [-0.4, -0.2) is 11.5 Å². The Morgan fingerprint density at radius 2 is 2.38 bits per heavy atom. The summed E-state index contributed by atoms with van der Waals surface area (Å²) in [5.41, 5.74) is 3.12. The van der Waals surface area contributed by atoms with E-state index in [2.05, 4.69) is 29.4 Å². The molecule has 1 saturated carbocycles. The Hall–Kier alpha value is -0.670. The fourth-order valence-corrected chi connectivity index (χ4v) is 3.74. The van der Waals surface area contributed by atoms with E-state index in [-0.39, 0.29) is 0 Å². The molecule has 3 heteroatoms. The van der Waals surface area contributed by atoms with Crippen molar-refractivity contribution in [1.82, 2.24) is 10.3 Å². The number of thiazole rings is 1. The lowest BCUT2D eigenvalue weighted by molar-refractivity contribution is 0.414. The molecule has 0 radical (unpaired) electrons. The van der Waals surface area contributed by atoms with Crippen molar-refractivity contribution in [2.24, 2.45) is 17.8 Å². The summed E-state index contributed by atoms with van der Waals surface area (Å²) in [5, 5.41) is 3.59. The Bertz CT molecular complexity index is 396. The van der Waals surface area contributed by atoms with E-state index in [4.69, 9.17) is 0 Å². The normalized spacial score (nSPS) is 31.4. The molecule has 0 amide bonds. The standard InChI is InChI=1S/C13H18N2S/c1-9-13(16-8-15-9)7-14-6-12-5-10-2-3-11(12)4-10/h2-3,8,10-12,14H,4-7H2,1H3. The zero-order valence-corrected chi connectivity index (χ0v) is 10.5. The van der Waals surface area contributed by atoms with Crippen LogP contribution in [0.3, 0.4) is 0 Å². The number of aromatic nitrogens is 1. The summed E-state index contributed by atoms with van der Waals surface area (Å²) in [6.07, 6.45) is 7.65. The monoisotopic (exact) mass is 234 g/mol. The van der Waals surface area contributed by atoms with Crippen molar-refractivity contribution in [2.75, 3.05) is 6.54 Å². The van der Waals surface area contributed by atoms with Gasteiger partial charge in [0.25, 0.3) is 0 Å². The number of aryl methyl sites for hydroxylation is 1. The van der Waals surface area contributed by atoms with Gasteiger partial charge in [-0.15, -0.1) is 11.3 Å². The van der Waals surface area contributed by atoms with Gasteiger partial charge >= 0.3 is 0 Å². The molecule has 2 nitrogen and oxygen atoms in total. The fourth-order valence-electron chi connectivity index (χ4n) is 3.00. The van der Waals surface area contributed by atoms with E-state index in [1.54, 1.807) is 11.3 Å². The molecular weight excluding hydrogens is 216 g/mol. The second-order valence-corrected chi connectivity index (χ2v) is 5.97. The number of hydrogen-bond acceptors (Lipinski definition) is 3. The van der Waals surface area contributed by atoms with Crippen LogP contribution < -0.4 is 5.32 Å². The highest BCUT2D eigenvalue weighted by Gasteiger charge is 2.34. The molecule has 1 fully saturated rings. The molecule has 3 rings (SSSR count). The van der Waals surface area contributed by atoms with Gasteiger partial charge in [-0.3, -0.25) is 0 Å². The van der Waals surface area contributed by atoms with E-state index >= 15 is 0 Å². The molecule has 2 aliphatic rings. The minimum atomic E-state index is 0.861. The van der Waals surface area contributed by atoms with Crippen LogP contribution in [0.15, 0.2) is 17.7 Å². The van der Waals surface area contributed by atoms with Crippen molar-refractivity contribution < 1.29 is 0 Å². The lowest BCUT2D eigenvalue weighted by atomic mass is 9.94. The number of fused-ring (bicyclic) bond motifs is 2. The molecule has 86 valence electrons. The van der Waals surface area contributed by atoms with Crippen LogP contribution in [0.2, 0.25) is 0 Å². The Morgan fingerprint density at radius 3 is 3.00 bits per heavy atom. The third-order valence-corrected chi connectivity index (χ3v) is 4.89. The van der Waals surface area contributed by atoms with Crippen molar-refractivity contribution in [3.63, 3.8) is 0 Å². The van der Waals surface area contributed by atoms with Crippen LogP contribution in [0, 0.1) is 24.7 Å². The predicted molar refractivity (Wildman–Crippen MR) is 67.4 cm³/mol. The zero-order chi connectivity index (χ0) is 11.0. The van der Waals surface area contributed by atoms with Crippen molar-refractivity contribution >= 4 is 11.3 Å². The summed E-state index contributed by atoms with van der Waals surface area (Å²) in [7, 11) is 0. The third kappa shape index (κ3) is 1.94. The van der Waals surface area contributed by atoms with Gasteiger partial charge in [0.05, 0.1) is 11.2 Å². The summed E-state index contributed by atoms with van der Waals surface area (Å²) in [4.78, 5) is 5.66. The van der Waals surface area contributed by atoms with Gasteiger partial charge in [-0.2, -0.15) is 0 Å². The van der Waals surface area contributed by atoms with Crippen LogP contribution >= 0.6 is 11.3 Å². The Kier molecular flexibility index (Phi) is 2.82. The first-order valence-corrected chi connectivity index (χ1v) is 6.99. The number of allylic oxidation sites excluding steroid dienone is 2. The Labute approximate surface area is 101 Å². The largest absolute Gasteiger partial charge is 0.311 e. The maximum absolute atomic E-state index is 4.27. The van der Waals surface area contributed by atoms with Gasteiger partial charge in [0.2, 0.25) is 0 Å². The number of rotatable bonds is 4. The van der Waals surface area contributed by atoms with Gasteiger partial charge in [0.15, 0.2) is 0 Å². The highest BCUT2D eigenvalue weighted by Crippen LogP contribution is 2.42. The Balaban J connectivity index is 1.48. The van der Waals surface area contributed by atoms with Crippen LogP contribution in [0.1, 0.15) is 23.4 Å². The van der Waals surface area contributed by atoms with Gasteiger partial charge in [0, 0.05) is 11.4 Å². The summed E-state index contributed by atoms with van der Waals surface area (Å²) < 4.78 is 0. The molecule has 0 aromatic carbocycles. The maximum Gasteiger partial charge on any atom is 0.0798 e. The van der Waals surface area contributed by atoms with Gasteiger partial charge in [-0.05, 0) is 44.1 Å². The predicted octanol–water partition coefficient (Wildman–Crippen LogP) is 2.75. The highest BCUT2D eigenvalue weighted by molar-refractivity contribution is 7.09. The van der Waals surface area contributed by atoms with Crippen LogP contribution in [0.4, 0.5) is 0 Å². The smallest absolute Gasteiger partial charge is 0.0798 e. The number of nitrogens with one attached hydrogen (secondary N) is 1. The lowest BCUT2D eigenvalue weighted by Gasteiger charge is -2.18. The lowest BCUT2D eigenvalue weighted by Crippen LogP contribution is -2.25. The van der Waals surface area contributed by atoms with Gasteiger partial charge in [0.1, 0.15) is 0 Å². The summed E-state index contributed by atoms with van der Waals surface area (Å²) >= 11 is 1.76. The highest BCUT2D eigenvalue weighted by atomic mass is 32.1. The average Bonchev–Trinajstić information content (AvgIpc) is 2.96. The van der Waals surface area contributed by atoms with Gasteiger partial charge < -0.3 is 5.32 Å². The molecule has 1 aromatic rings. The molecule has 16 heavy (non-hydrogen) atoms. The van der Waals surface area contributed by atoms with Crippen molar-refractivity contribution in [3.8, 4) is 0 Å². The van der Waals surface area contributed by atoms with E-state index in [9.17, 15) is 0 Å². The third-order valence-electron chi connectivity index (χ3n) is 3.95. The summed E-state index contributed by atoms with van der Waals surface area (Å²) in [6.45, 7) is 4.25. The van der Waals surface area contributed by atoms with Crippen molar-refractivity contribution in [1.29, 1.82) is 0 Å². The fraction of sp³-hybridized carbons (Fsp3) is 0.615. The summed E-state index contributed by atoms with van der Waals surface area (Å²) in [5.74, 6) is 2.63. The summed E-state index contributed by atoms with van der Waals surface area (Å²) in [6, 6.07) is 0. The second kappa shape index (κ2) is 4.30. The number of hydrogen-bond donors (Lipinski definition) is 1. The second-order valence-electron chi connectivity index (χ2n) is 5.03. The molecule has 0 saturated heterocycles. The van der Waals surface area contributed by atoms with E-state index in [0.29, 0.717) is 0 Å².